The molecule has 0 aliphatic carbocycles. The third-order valence-corrected chi connectivity index (χ3v) is 6.84. The number of sulfonamides is 1. The lowest BCUT2D eigenvalue weighted by Crippen LogP contribution is -2.45. The SMILES string of the molecule is COc1ccc(N([C@@H](C)C(=O)Nc2nnc(-c3ccc(Cl)cc3)s2)S(C)(=O)=O)cc1OC. The lowest BCUT2D eigenvalue weighted by Gasteiger charge is -2.28. The first kappa shape index (κ1) is 23.8. The van der Waals surface area contributed by atoms with Crippen LogP contribution in [-0.4, -0.2) is 51.0 Å². The zero-order valence-electron chi connectivity index (χ0n) is 17.7. The van der Waals surface area contributed by atoms with Crippen LogP contribution in [0, 0.1) is 0 Å². The van der Waals surface area contributed by atoms with Crippen molar-refractivity contribution in [2.75, 3.05) is 30.1 Å². The Labute approximate surface area is 195 Å². The van der Waals surface area contributed by atoms with E-state index in [4.69, 9.17) is 21.1 Å². The summed E-state index contributed by atoms with van der Waals surface area (Å²) in [6.45, 7) is 1.48. The van der Waals surface area contributed by atoms with Crippen molar-refractivity contribution in [1.82, 2.24) is 10.2 Å². The van der Waals surface area contributed by atoms with Crippen LogP contribution in [0.25, 0.3) is 10.6 Å². The number of aromatic nitrogens is 2. The van der Waals surface area contributed by atoms with Gasteiger partial charge in [-0.3, -0.25) is 14.4 Å². The zero-order valence-corrected chi connectivity index (χ0v) is 20.1. The van der Waals surface area contributed by atoms with Gasteiger partial charge in [0.05, 0.1) is 26.2 Å². The van der Waals surface area contributed by atoms with Crippen LogP contribution in [0.5, 0.6) is 11.5 Å². The van der Waals surface area contributed by atoms with Crippen LogP contribution < -0.4 is 19.1 Å². The molecular formula is C20H21ClN4O5S2. The average Bonchev–Trinajstić information content (AvgIpc) is 3.21. The second-order valence-electron chi connectivity index (χ2n) is 6.68. The Kier molecular flexibility index (Phi) is 7.22. The van der Waals surface area contributed by atoms with Crippen LogP contribution in [0.2, 0.25) is 5.02 Å². The highest BCUT2D eigenvalue weighted by molar-refractivity contribution is 7.92. The molecule has 170 valence electrons. The van der Waals surface area contributed by atoms with Gasteiger partial charge in [0, 0.05) is 16.7 Å². The number of rotatable bonds is 8. The van der Waals surface area contributed by atoms with Gasteiger partial charge in [-0.05, 0) is 31.2 Å². The predicted molar refractivity (Wildman–Crippen MR) is 125 cm³/mol. The maximum absolute atomic E-state index is 12.9. The highest BCUT2D eigenvalue weighted by Gasteiger charge is 2.30. The summed E-state index contributed by atoms with van der Waals surface area (Å²) in [6.07, 6.45) is 1.02. The summed E-state index contributed by atoms with van der Waals surface area (Å²) < 4.78 is 36.5. The Bertz CT molecular complexity index is 1210. The predicted octanol–water partition coefficient (Wildman–Crippen LogP) is 3.67. The molecule has 0 saturated heterocycles. The van der Waals surface area contributed by atoms with Crippen molar-refractivity contribution >= 4 is 49.7 Å². The Morgan fingerprint density at radius 1 is 1.09 bits per heavy atom. The van der Waals surface area contributed by atoms with Crippen molar-refractivity contribution < 1.29 is 22.7 Å². The fourth-order valence-corrected chi connectivity index (χ4v) is 5.01. The number of ether oxygens (including phenoxy) is 2. The quantitative estimate of drug-likeness (QED) is 0.506. The molecule has 0 saturated carbocycles. The van der Waals surface area contributed by atoms with E-state index in [-0.39, 0.29) is 10.8 Å². The number of nitrogens with zero attached hydrogens (tertiary/aromatic N) is 3. The molecule has 9 nitrogen and oxygen atoms in total. The van der Waals surface area contributed by atoms with Gasteiger partial charge in [0.1, 0.15) is 11.0 Å². The number of hydrogen-bond donors (Lipinski definition) is 1. The molecule has 2 aromatic carbocycles. The van der Waals surface area contributed by atoms with Gasteiger partial charge < -0.3 is 9.47 Å². The molecular weight excluding hydrogens is 476 g/mol. The minimum absolute atomic E-state index is 0.243. The molecule has 0 aliphatic heterocycles. The minimum Gasteiger partial charge on any atom is -0.493 e. The maximum Gasteiger partial charge on any atom is 0.249 e. The van der Waals surface area contributed by atoms with Crippen molar-refractivity contribution in [3.63, 3.8) is 0 Å². The van der Waals surface area contributed by atoms with Crippen molar-refractivity contribution in [1.29, 1.82) is 0 Å². The summed E-state index contributed by atoms with van der Waals surface area (Å²) in [6, 6.07) is 10.6. The second kappa shape index (κ2) is 9.72. The third kappa shape index (κ3) is 5.29. The highest BCUT2D eigenvalue weighted by Crippen LogP contribution is 2.34. The third-order valence-electron chi connectivity index (χ3n) is 4.46. The maximum atomic E-state index is 12.9. The standard InChI is InChI=1S/C20H21ClN4O5S2/c1-12(25(32(4,27)28)15-9-10-16(29-2)17(11-15)30-3)18(26)22-20-24-23-19(31-20)13-5-7-14(21)8-6-13/h5-12H,1-4H3,(H,22,24,26)/t12-/m0/s1. The van der Waals surface area contributed by atoms with Crippen LogP contribution in [0.15, 0.2) is 42.5 Å². The number of hydrogen-bond acceptors (Lipinski definition) is 8. The van der Waals surface area contributed by atoms with E-state index in [2.05, 4.69) is 15.5 Å². The van der Waals surface area contributed by atoms with E-state index in [9.17, 15) is 13.2 Å². The molecule has 1 amide bonds. The fourth-order valence-electron chi connectivity index (χ4n) is 2.96. The van der Waals surface area contributed by atoms with Crippen LogP contribution >= 0.6 is 22.9 Å². The number of methoxy groups -OCH3 is 2. The Morgan fingerprint density at radius 3 is 2.34 bits per heavy atom. The molecule has 3 rings (SSSR count). The largest absolute Gasteiger partial charge is 0.493 e. The number of halogens is 1. The number of amides is 1. The van der Waals surface area contributed by atoms with E-state index < -0.39 is 22.0 Å². The Morgan fingerprint density at radius 2 is 1.75 bits per heavy atom. The van der Waals surface area contributed by atoms with Crippen molar-refractivity contribution in [2.45, 2.75) is 13.0 Å². The van der Waals surface area contributed by atoms with Crippen molar-refractivity contribution in [3.05, 3.63) is 47.5 Å². The lowest BCUT2D eigenvalue weighted by molar-refractivity contribution is -0.116. The summed E-state index contributed by atoms with van der Waals surface area (Å²) in [5.41, 5.74) is 1.05. The summed E-state index contributed by atoms with van der Waals surface area (Å²) in [7, 11) is -0.895. The van der Waals surface area contributed by atoms with Gasteiger partial charge in [0.15, 0.2) is 11.5 Å². The van der Waals surface area contributed by atoms with E-state index in [1.807, 2.05) is 0 Å². The van der Waals surface area contributed by atoms with E-state index in [0.717, 1.165) is 27.5 Å². The van der Waals surface area contributed by atoms with Crippen LogP contribution in [-0.2, 0) is 14.8 Å². The van der Waals surface area contributed by atoms with Gasteiger partial charge in [-0.25, -0.2) is 8.42 Å². The summed E-state index contributed by atoms with van der Waals surface area (Å²) >= 11 is 7.06. The molecule has 0 unspecified atom stereocenters. The van der Waals surface area contributed by atoms with E-state index >= 15 is 0 Å². The van der Waals surface area contributed by atoms with Crippen LogP contribution in [0.3, 0.4) is 0 Å². The topological polar surface area (TPSA) is 111 Å². The minimum atomic E-state index is -3.81. The first-order valence-corrected chi connectivity index (χ1v) is 12.3. The molecule has 12 heteroatoms. The zero-order chi connectivity index (χ0) is 23.5. The van der Waals surface area contributed by atoms with E-state index in [1.165, 1.54) is 33.3 Å². The fraction of sp³-hybridized carbons (Fsp3) is 0.250. The number of carbonyl (C=O) groups excluding carboxylic acids is 1. The van der Waals surface area contributed by atoms with Crippen molar-refractivity contribution in [3.8, 4) is 22.1 Å². The van der Waals surface area contributed by atoms with Gasteiger partial charge in [0.2, 0.25) is 21.1 Å². The second-order valence-corrected chi connectivity index (χ2v) is 9.96. The molecule has 0 fully saturated rings. The van der Waals surface area contributed by atoms with E-state index in [0.29, 0.717) is 21.5 Å². The van der Waals surface area contributed by atoms with Gasteiger partial charge >= 0.3 is 0 Å². The van der Waals surface area contributed by atoms with Crippen LogP contribution in [0.1, 0.15) is 6.92 Å². The number of carbonyl (C=O) groups is 1. The lowest BCUT2D eigenvalue weighted by atomic mass is 10.2. The molecule has 1 heterocycles. The van der Waals surface area contributed by atoms with Gasteiger partial charge in [0.25, 0.3) is 0 Å². The van der Waals surface area contributed by atoms with Crippen molar-refractivity contribution in [2.24, 2.45) is 0 Å². The average molecular weight is 497 g/mol. The molecule has 1 atom stereocenters. The van der Waals surface area contributed by atoms with Gasteiger partial charge in [-0.15, -0.1) is 10.2 Å². The summed E-state index contributed by atoms with van der Waals surface area (Å²) in [5.74, 6) is 0.206. The monoisotopic (exact) mass is 496 g/mol. The van der Waals surface area contributed by atoms with E-state index in [1.54, 1.807) is 30.3 Å². The number of nitrogens with one attached hydrogen (secondary N) is 1. The van der Waals surface area contributed by atoms with Gasteiger partial charge in [-0.1, -0.05) is 35.1 Å². The molecule has 0 spiro atoms. The molecule has 1 aromatic heterocycles. The molecule has 3 aromatic rings. The molecule has 1 N–H and O–H groups in total. The first-order chi connectivity index (χ1) is 15.1. The van der Waals surface area contributed by atoms with Gasteiger partial charge in [-0.2, -0.15) is 0 Å². The summed E-state index contributed by atoms with van der Waals surface area (Å²) in [5, 5.41) is 12.1. The number of anilines is 2. The molecule has 0 aliphatic rings. The Balaban J connectivity index is 1.84. The Hall–Kier alpha value is -2.89. The normalized spacial score (nSPS) is 12.2. The first-order valence-electron chi connectivity index (χ1n) is 9.25. The smallest absolute Gasteiger partial charge is 0.249 e. The summed E-state index contributed by atoms with van der Waals surface area (Å²) in [4.78, 5) is 12.9. The highest BCUT2D eigenvalue weighted by atomic mass is 35.5. The molecule has 0 radical (unpaired) electrons. The molecule has 0 bridgehead atoms. The molecule has 32 heavy (non-hydrogen) atoms. The number of benzene rings is 2. The van der Waals surface area contributed by atoms with Crippen LogP contribution in [0.4, 0.5) is 10.8 Å².